The molecule has 0 N–H and O–H groups in total. The molecule has 2 heteroatoms. The molecular weight excluding hydrogens is 358 g/mol. The van der Waals surface area contributed by atoms with Crippen molar-refractivity contribution in [2.75, 3.05) is 11.9 Å². The van der Waals surface area contributed by atoms with Crippen LogP contribution in [0.15, 0.2) is 60.7 Å². The van der Waals surface area contributed by atoms with Crippen LogP contribution in [0.1, 0.15) is 49.1 Å². The average molecular weight is 386 g/mol. The Kier molecular flexibility index (Phi) is 4.60. The van der Waals surface area contributed by atoms with Crippen molar-refractivity contribution in [2.45, 2.75) is 44.9 Å². The number of thiophene rings is 1. The van der Waals surface area contributed by atoms with Crippen molar-refractivity contribution in [3.63, 3.8) is 0 Å². The van der Waals surface area contributed by atoms with Gasteiger partial charge in [-0.25, -0.2) is 0 Å². The van der Waals surface area contributed by atoms with Crippen LogP contribution in [-0.2, 0) is 0 Å². The molecular formula is C26H27NS. The Hall–Kier alpha value is -2.32. The zero-order valence-electron chi connectivity index (χ0n) is 16.7. The van der Waals surface area contributed by atoms with E-state index in [1.165, 1.54) is 74.8 Å². The Morgan fingerprint density at radius 3 is 2.25 bits per heavy atom. The van der Waals surface area contributed by atoms with Crippen LogP contribution in [-0.4, -0.2) is 7.05 Å². The van der Waals surface area contributed by atoms with Gasteiger partial charge in [0.2, 0.25) is 0 Å². The maximum atomic E-state index is 2.43. The van der Waals surface area contributed by atoms with Gasteiger partial charge in [-0.1, -0.05) is 67.8 Å². The number of para-hydroxylation sites is 1. The molecule has 1 nitrogen and oxygen atoms in total. The Balaban J connectivity index is 1.65. The quantitative estimate of drug-likeness (QED) is 0.344. The molecule has 1 heterocycles. The van der Waals surface area contributed by atoms with E-state index in [1.54, 1.807) is 0 Å². The highest BCUT2D eigenvalue weighted by molar-refractivity contribution is 7.26. The van der Waals surface area contributed by atoms with Crippen molar-refractivity contribution in [2.24, 2.45) is 0 Å². The number of fused-ring (bicyclic) bond motifs is 3. The molecule has 1 aliphatic carbocycles. The minimum absolute atomic E-state index is 0.705. The number of hydrogen-bond donors (Lipinski definition) is 0. The first-order chi connectivity index (χ1) is 13.7. The first-order valence-corrected chi connectivity index (χ1v) is 11.3. The van der Waals surface area contributed by atoms with Crippen molar-refractivity contribution < 1.29 is 0 Å². The zero-order valence-corrected chi connectivity index (χ0v) is 17.6. The lowest BCUT2D eigenvalue weighted by molar-refractivity contribution is 0.444. The van der Waals surface area contributed by atoms with Crippen LogP contribution >= 0.6 is 11.3 Å². The molecule has 5 rings (SSSR count). The molecule has 0 aliphatic heterocycles. The molecule has 0 bridgehead atoms. The summed E-state index contributed by atoms with van der Waals surface area (Å²) in [4.78, 5) is 2.43. The Bertz CT molecular complexity index is 1130. The number of benzene rings is 3. The molecule has 1 fully saturated rings. The maximum Gasteiger partial charge on any atom is 0.0592 e. The van der Waals surface area contributed by atoms with E-state index in [1.807, 2.05) is 11.3 Å². The lowest BCUT2D eigenvalue weighted by Crippen LogP contribution is -2.14. The molecule has 0 unspecified atom stereocenters. The van der Waals surface area contributed by atoms with Crippen LogP contribution in [0.5, 0.6) is 0 Å². The lowest BCUT2D eigenvalue weighted by Gasteiger charge is -2.29. The van der Waals surface area contributed by atoms with Gasteiger partial charge in [-0.15, -0.1) is 11.3 Å². The number of aryl methyl sites for hydroxylation is 1. The predicted molar refractivity (Wildman–Crippen MR) is 124 cm³/mol. The highest BCUT2D eigenvalue weighted by Gasteiger charge is 2.21. The summed E-state index contributed by atoms with van der Waals surface area (Å²) in [5.74, 6) is 0.705. The minimum atomic E-state index is 0.705. The summed E-state index contributed by atoms with van der Waals surface area (Å²) in [6, 6.07) is 22.5. The third-order valence-corrected chi connectivity index (χ3v) is 7.78. The van der Waals surface area contributed by atoms with E-state index in [-0.39, 0.29) is 0 Å². The van der Waals surface area contributed by atoms with E-state index in [0.717, 1.165) is 0 Å². The molecule has 3 aromatic carbocycles. The molecule has 0 atom stereocenters. The van der Waals surface area contributed by atoms with Crippen LogP contribution in [0.25, 0.3) is 20.2 Å². The van der Waals surface area contributed by atoms with E-state index in [9.17, 15) is 0 Å². The van der Waals surface area contributed by atoms with Crippen molar-refractivity contribution in [1.82, 2.24) is 0 Å². The number of hydrogen-bond acceptors (Lipinski definition) is 2. The molecule has 4 aromatic rings. The van der Waals surface area contributed by atoms with E-state index in [4.69, 9.17) is 0 Å². The molecule has 1 aromatic heterocycles. The molecule has 0 saturated heterocycles. The van der Waals surface area contributed by atoms with Gasteiger partial charge in [0.1, 0.15) is 0 Å². The van der Waals surface area contributed by atoms with Crippen LogP contribution in [0.3, 0.4) is 0 Å². The molecule has 0 amide bonds. The fourth-order valence-corrected chi connectivity index (χ4v) is 6.21. The van der Waals surface area contributed by atoms with Crippen molar-refractivity contribution in [3.8, 4) is 0 Å². The smallest absolute Gasteiger partial charge is 0.0592 e. The zero-order chi connectivity index (χ0) is 19.1. The van der Waals surface area contributed by atoms with Gasteiger partial charge in [0.25, 0.3) is 0 Å². The van der Waals surface area contributed by atoms with Crippen LogP contribution in [0, 0.1) is 6.92 Å². The number of rotatable bonds is 3. The number of anilines is 2. The molecule has 142 valence electrons. The highest BCUT2D eigenvalue weighted by Crippen LogP contribution is 2.44. The Morgan fingerprint density at radius 1 is 0.750 bits per heavy atom. The molecule has 1 aliphatic rings. The van der Waals surface area contributed by atoms with E-state index in [0.29, 0.717) is 5.92 Å². The monoisotopic (exact) mass is 385 g/mol. The summed E-state index contributed by atoms with van der Waals surface area (Å²) in [7, 11) is 2.24. The second-order valence-corrected chi connectivity index (χ2v) is 9.18. The fraction of sp³-hybridized carbons (Fsp3) is 0.308. The molecule has 28 heavy (non-hydrogen) atoms. The van der Waals surface area contributed by atoms with E-state index in [2.05, 4.69) is 79.5 Å². The van der Waals surface area contributed by atoms with Gasteiger partial charge in [0.05, 0.1) is 10.4 Å². The van der Waals surface area contributed by atoms with Crippen LogP contribution in [0.2, 0.25) is 0 Å². The lowest BCUT2D eigenvalue weighted by atomic mass is 9.83. The second-order valence-electron chi connectivity index (χ2n) is 8.16. The van der Waals surface area contributed by atoms with E-state index < -0.39 is 0 Å². The van der Waals surface area contributed by atoms with E-state index >= 15 is 0 Å². The second kappa shape index (κ2) is 7.25. The predicted octanol–water partition coefficient (Wildman–Crippen LogP) is 8.18. The van der Waals surface area contributed by atoms with Gasteiger partial charge in [-0.05, 0) is 48.9 Å². The van der Waals surface area contributed by atoms with Crippen molar-refractivity contribution >= 4 is 42.9 Å². The van der Waals surface area contributed by atoms with Gasteiger partial charge in [0, 0.05) is 28.2 Å². The maximum absolute atomic E-state index is 2.43. The topological polar surface area (TPSA) is 3.24 Å². The van der Waals surface area contributed by atoms with Crippen LogP contribution in [0.4, 0.5) is 11.4 Å². The SMILES string of the molecule is Cc1cccc2c1sc1c(N(C)c3ccccc3C3CCCCC3)cccc12. The van der Waals surface area contributed by atoms with Gasteiger partial charge < -0.3 is 4.90 Å². The fourth-order valence-electron chi connectivity index (χ4n) is 4.89. The minimum Gasteiger partial charge on any atom is -0.343 e. The highest BCUT2D eigenvalue weighted by atomic mass is 32.1. The first-order valence-electron chi connectivity index (χ1n) is 10.5. The van der Waals surface area contributed by atoms with Gasteiger partial charge in [-0.3, -0.25) is 0 Å². The standard InChI is InChI=1S/C26H27NS/c1-18-10-8-14-21-22-15-9-17-24(26(22)28-25(18)21)27(2)23-16-7-6-13-20(23)19-11-4-3-5-12-19/h6-10,13-17,19H,3-5,11-12H2,1-2H3. The third kappa shape index (κ3) is 2.91. The summed E-state index contributed by atoms with van der Waals surface area (Å²) >= 11 is 1.94. The Morgan fingerprint density at radius 2 is 1.43 bits per heavy atom. The molecule has 0 spiro atoms. The number of nitrogens with zero attached hydrogens (tertiary/aromatic N) is 1. The average Bonchev–Trinajstić information content (AvgIpc) is 3.14. The summed E-state index contributed by atoms with van der Waals surface area (Å²) in [6.07, 6.45) is 6.80. The van der Waals surface area contributed by atoms with Crippen LogP contribution < -0.4 is 4.90 Å². The normalized spacial score (nSPS) is 15.4. The largest absolute Gasteiger partial charge is 0.343 e. The summed E-state index contributed by atoms with van der Waals surface area (Å²) in [5.41, 5.74) is 5.59. The Labute approximate surface area is 171 Å². The van der Waals surface area contributed by atoms with Crippen molar-refractivity contribution in [1.29, 1.82) is 0 Å². The molecule has 0 radical (unpaired) electrons. The summed E-state index contributed by atoms with van der Waals surface area (Å²) in [5, 5.41) is 2.76. The van der Waals surface area contributed by atoms with Crippen molar-refractivity contribution in [3.05, 3.63) is 71.8 Å². The molecule has 1 saturated carbocycles. The van der Waals surface area contributed by atoms with Gasteiger partial charge in [0.15, 0.2) is 0 Å². The first kappa shape index (κ1) is 17.8. The van der Waals surface area contributed by atoms with Gasteiger partial charge in [-0.2, -0.15) is 0 Å². The third-order valence-electron chi connectivity index (χ3n) is 6.40. The summed E-state index contributed by atoms with van der Waals surface area (Å²) < 4.78 is 2.81. The summed E-state index contributed by atoms with van der Waals surface area (Å²) in [6.45, 7) is 2.22. The van der Waals surface area contributed by atoms with Gasteiger partial charge >= 0.3 is 0 Å².